The first-order valence-corrected chi connectivity index (χ1v) is 10.9. The Morgan fingerprint density at radius 1 is 1.40 bits per heavy atom. The minimum Gasteiger partial charge on any atom is -0.311 e. The van der Waals surface area contributed by atoms with E-state index in [4.69, 9.17) is 9.39 Å². The van der Waals surface area contributed by atoms with Gasteiger partial charge in [0.25, 0.3) is 5.91 Å². The van der Waals surface area contributed by atoms with E-state index in [1.165, 1.54) is 4.90 Å². The molecular weight excluding hydrogens is 422 g/mol. The first-order chi connectivity index (χ1) is 14.3. The Bertz CT molecular complexity index is 880. The van der Waals surface area contributed by atoms with Crippen LogP contribution in [0.5, 0.6) is 0 Å². The van der Waals surface area contributed by atoms with Crippen molar-refractivity contribution in [3.05, 3.63) is 12.4 Å². The molecule has 30 heavy (non-hydrogen) atoms. The number of hydroxylamine groups is 3. The summed E-state index contributed by atoms with van der Waals surface area (Å²) >= 11 is 0. The number of aromatic nitrogens is 3. The molecule has 2 unspecified atom stereocenters. The number of nitrogens with one attached hydrogen (secondary N) is 2. The molecule has 0 saturated carbocycles. The van der Waals surface area contributed by atoms with Crippen LogP contribution in [-0.2, 0) is 30.9 Å². The molecule has 4 rings (SSSR count). The van der Waals surface area contributed by atoms with Crippen LogP contribution in [0, 0.1) is 5.92 Å². The highest BCUT2D eigenvalue weighted by atomic mass is 32.3. The van der Waals surface area contributed by atoms with Crippen molar-refractivity contribution >= 4 is 22.3 Å². The number of amides is 3. The van der Waals surface area contributed by atoms with Gasteiger partial charge >= 0.3 is 16.4 Å². The Morgan fingerprint density at radius 2 is 2.23 bits per heavy atom. The largest absolute Gasteiger partial charge is 0.418 e. The molecule has 4 heterocycles. The van der Waals surface area contributed by atoms with Gasteiger partial charge in [0.05, 0.1) is 18.8 Å². The predicted octanol–water partition coefficient (Wildman–Crippen LogP) is -1.69. The van der Waals surface area contributed by atoms with E-state index in [9.17, 15) is 18.0 Å². The first-order valence-electron chi connectivity index (χ1n) is 9.56. The summed E-state index contributed by atoms with van der Waals surface area (Å²) in [5.74, 6) is -0.116. The Hall–Kier alpha value is -2.33. The zero-order valence-corrected chi connectivity index (χ0v) is 16.8. The number of hydrogen-bond acceptors (Lipinski definition) is 9. The predicted molar refractivity (Wildman–Crippen MR) is 97.4 cm³/mol. The molecule has 0 aliphatic carbocycles. The fourth-order valence-corrected chi connectivity index (χ4v) is 4.54. The van der Waals surface area contributed by atoms with Crippen LogP contribution >= 0.6 is 0 Å². The lowest BCUT2D eigenvalue weighted by molar-refractivity contribution is -0.139. The quantitative estimate of drug-likeness (QED) is 0.310. The van der Waals surface area contributed by atoms with Gasteiger partial charge in [-0.25, -0.2) is 10.3 Å². The molecule has 1 aromatic heterocycles. The van der Waals surface area contributed by atoms with Gasteiger partial charge in [0, 0.05) is 31.9 Å². The van der Waals surface area contributed by atoms with Gasteiger partial charge < -0.3 is 10.2 Å². The van der Waals surface area contributed by atoms with Crippen LogP contribution in [0.4, 0.5) is 4.79 Å². The van der Waals surface area contributed by atoms with E-state index >= 15 is 0 Å². The molecule has 0 spiro atoms. The van der Waals surface area contributed by atoms with Gasteiger partial charge in [0.15, 0.2) is 0 Å². The minimum absolute atomic E-state index is 0.0710. The van der Waals surface area contributed by atoms with Crippen molar-refractivity contribution in [3.8, 4) is 0 Å². The number of hydrogen-bond donors (Lipinski definition) is 3. The van der Waals surface area contributed by atoms with Gasteiger partial charge in [-0.05, 0) is 25.2 Å². The van der Waals surface area contributed by atoms with Crippen molar-refractivity contribution < 1.29 is 31.7 Å². The summed E-state index contributed by atoms with van der Waals surface area (Å²) < 4.78 is 36.8. The van der Waals surface area contributed by atoms with Crippen LogP contribution in [0.15, 0.2) is 12.4 Å². The third-order valence-electron chi connectivity index (χ3n) is 5.49. The number of carbonyl (C=O) groups excluding carboxylic acids is 2. The van der Waals surface area contributed by atoms with Crippen LogP contribution in [0.2, 0.25) is 0 Å². The summed E-state index contributed by atoms with van der Waals surface area (Å²) in [7, 11) is -4.82. The molecular formula is C15H23N7O7S. The number of rotatable bonds is 8. The lowest BCUT2D eigenvalue weighted by Crippen LogP contribution is -2.50. The second-order valence-corrected chi connectivity index (χ2v) is 8.62. The van der Waals surface area contributed by atoms with Gasteiger partial charge in [0.1, 0.15) is 6.04 Å². The molecule has 166 valence electrons. The second kappa shape index (κ2) is 8.43. The molecule has 3 N–H and O–H groups in total. The molecule has 4 atom stereocenters. The molecule has 2 bridgehead atoms. The number of nitrogens with zero attached hydrogens (tertiary/aromatic N) is 5. The summed E-state index contributed by atoms with van der Waals surface area (Å²) in [5.41, 5.74) is 2.38. The molecule has 3 aliphatic heterocycles. The van der Waals surface area contributed by atoms with Gasteiger partial charge in [-0.3, -0.25) is 18.9 Å². The highest BCUT2D eigenvalue weighted by Gasteiger charge is 2.49. The van der Waals surface area contributed by atoms with E-state index in [0.29, 0.717) is 23.8 Å². The fourth-order valence-electron chi connectivity index (χ4n) is 4.15. The van der Waals surface area contributed by atoms with Crippen molar-refractivity contribution in [3.63, 3.8) is 0 Å². The number of piperidine rings is 1. The van der Waals surface area contributed by atoms with Crippen LogP contribution < -0.4 is 10.8 Å². The van der Waals surface area contributed by atoms with E-state index < -0.39 is 34.4 Å². The van der Waals surface area contributed by atoms with Gasteiger partial charge in [0.2, 0.25) is 0 Å². The van der Waals surface area contributed by atoms with E-state index in [-0.39, 0.29) is 19.2 Å². The van der Waals surface area contributed by atoms with E-state index in [0.717, 1.165) is 19.5 Å². The molecule has 3 aliphatic rings. The monoisotopic (exact) mass is 445 g/mol. The van der Waals surface area contributed by atoms with Crippen LogP contribution in [0.25, 0.3) is 0 Å². The maximum atomic E-state index is 12.5. The highest BCUT2D eigenvalue weighted by Crippen LogP contribution is 2.30. The average Bonchev–Trinajstić information content (AvgIpc) is 3.40. The molecule has 3 saturated heterocycles. The van der Waals surface area contributed by atoms with E-state index in [2.05, 4.69) is 25.4 Å². The van der Waals surface area contributed by atoms with Gasteiger partial charge in [-0.15, -0.1) is 9.38 Å². The zero-order valence-electron chi connectivity index (χ0n) is 16.0. The normalized spacial score (nSPS) is 28.9. The van der Waals surface area contributed by atoms with Gasteiger partial charge in [-0.2, -0.15) is 13.5 Å². The Kier molecular flexibility index (Phi) is 5.88. The molecule has 3 amide bonds. The lowest BCUT2D eigenvalue weighted by Gasteiger charge is -2.29. The van der Waals surface area contributed by atoms with Crippen molar-refractivity contribution in [2.45, 2.75) is 43.9 Å². The average molecular weight is 445 g/mol. The van der Waals surface area contributed by atoms with Crippen molar-refractivity contribution in [1.82, 2.24) is 35.8 Å². The fraction of sp³-hybridized carbons (Fsp3) is 0.733. The summed E-state index contributed by atoms with van der Waals surface area (Å²) in [6, 6.07) is -2.07. The Labute approximate surface area is 172 Å². The maximum Gasteiger partial charge on any atom is 0.418 e. The second-order valence-electron chi connectivity index (χ2n) is 7.62. The summed E-state index contributed by atoms with van der Waals surface area (Å²) in [6.45, 7) is 1.94. The molecule has 15 heteroatoms. The van der Waals surface area contributed by atoms with E-state index in [1.807, 2.05) is 0 Å². The van der Waals surface area contributed by atoms with Crippen molar-refractivity contribution in [2.24, 2.45) is 5.92 Å². The van der Waals surface area contributed by atoms with E-state index in [1.54, 1.807) is 17.1 Å². The smallest absolute Gasteiger partial charge is 0.311 e. The molecule has 0 radical (unpaired) electrons. The van der Waals surface area contributed by atoms with Crippen LogP contribution in [0.3, 0.4) is 0 Å². The summed E-state index contributed by atoms with van der Waals surface area (Å²) in [5, 5.41) is 11.7. The minimum atomic E-state index is -4.82. The number of fused-ring (bicyclic) bond motifs is 2. The molecule has 1 aromatic rings. The standard InChI is InChI=1S/C15H23N7O7S/c23-14(13-2-1-12-8-21(13)15(24)22(12)29-30(25,26)27)18-28-9-11-5-10(6-16-11)7-20-4-3-17-19-20/h3-4,10-13,16H,1-2,5-9H2,(H,18,23)(H,25,26,27)/t10-,11+,12?,13?/m0/s1. The Morgan fingerprint density at radius 3 is 2.97 bits per heavy atom. The molecule has 0 aromatic carbocycles. The third-order valence-corrected chi connectivity index (χ3v) is 5.84. The summed E-state index contributed by atoms with van der Waals surface area (Å²) in [6.07, 6.45) is 4.96. The number of carbonyl (C=O) groups is 2. The first kappa shape index (κ1) is 20.9. The topological polar surface area (TPSA) is 168 Å². The van der Waals surface area contributed by atoms with Crippen LogP contribution in [-0.4, -0.2) is 87.7 Å². The third kappa shape index (κ3) is 4.70. The Balaban J connectivity index is 1.22. The SMILES string of the molecule is O=C(NOC[C@H]1C[C@H](Cn2ccnn2)CN1)C1CCC2CN1C(=O)N2OS(=O)(=O)O. The number of urea groups is 1. The zero-order chi connectivity index (χ0) is 21.3. The summed E-state index contributed by atoms with van der Waals surface area (Å²) in [4.78, 5) is 31.4. The molecule has 14 nitrogen and oxygen atoms in total. The van der Waals surface area contributed by atoms with Crippen molar-refractivity contribution in [2.75, 3.05) is 19.7 Å². The molecule has 3 fully saturated rings. The lowest BCUT2D eigenvalue weighted by atomic mass is 10.0. The highest BCUT2D eigenvalue weighted by molar-refractivity contribution is 7.80. The van der Waals surface area contributed by atoms with Crippen LogP contribution in [0.1, 0.15) is 19.3 Å². The van der Waals surface area contributed by atoms with Gasteiger partial charge in [-0.1, -0.05) is 5.21 Å². The maximum absolute atomic E-state index is 12.5. The van der Waals surface area contributed by atoms with Crippen molar-refractivity contribution in [1.29, 1.82) is 0 Å².